The van der Waals surface area contributed by atoms with Crippen molar-refractivity contribution in [2.24, 2.45) is 10.7 Å². The first-order chi connectivity index (χ1) is 13.4. The van der Waals surface area contributed by atoms with E-state index in [1.165, 1.54) is 6.20 Å². The third-order valence-electron chi connectivity index (χ3n) is 4.10. The number of halogens is 2. The maximum atomic E-state index is 13.5. The second-order valence-electron chi connectivity index (χ2n) is 6.02. The van der Waals surface area contributed by atoms with Crippen LogP contribution in [0.15, 0.2) is 17.3 Å². The molecule has 3 rings (SSSR count). The SMILES string of the molecule is C[C@@H]1COCCN1c1nc(C(=N)N=CN)nc(-c2cnc(N)cc2C(F)F)n1. The van der Waals surface area contributed by atoms with Crippen LogP contribution in [-0.2, 0) is 4.74 Å². The number of hydrogen-bond acceptors (Lipinski definition) is 8. The highest BCUT2D eigenvalue weighted by Gasteiger charge is 2.25. The van der Waals surface area contributed by atoms with E-state index in [-0.39, 0.29) is 46.4 Å². The smallest absolute Gasteiger partial charge is 0.264 e. The van der Waals surface area contributed by atoms with Gasteiger partial charge < -0.3 is 21.1 Å². The third-order valence-corrected chi connectivity index (χ3v) is 4.10. The van der Waals surface area contributed by atoms with Crippen molar-refractivity contribution in [1.82, 2.24) is 19.9 Å². The van der Waals surface area contributed by atoms with Crippen molar-refractivity contribution < 1.29 is 13.5 Å². The van der Waals surface area contributed by atoms with Gasteiger partial charge in [0.05, 0.1) is 25.6 Å². The second-order valence-corrected chi connectivity index (χ2v) is 6.02. The van der Waals surface area contributed by atoms with Crippen LogP contribution in [0, 0.1) is 5.41 Å². The number of ether oxygens (including phenoxy) is 1. The van der Waals surface area contributed by atoms with Gasteiger partial charge in [-0.25, -0.2) is 23.7 Å². The molecule has 0 saturated carbocycles. The molecule has 1 atom stereocenters. The Kier molecular flexibility index (Phi) is 5.68. The van der Waals surface area contributed by atoms with Gasteiger partial charge in [0.25, 0.3) is 6.43 Å². The lowest BCUT2D eigenvalue weighted by atomic mass is 10.1. The van der Waals surface area contributed by atoms with Crippen LogP contribution in [-0.4, -0.2) is 57.9 Å². The summed E-state index contributed by atoms with van der Waals surface area (Å²) >= 11 is 0. The molecule has 1 aliphatic rings. The monoisotopic (exact) mass is 391 g/mol. The fraction of sp³-hybridized carbons (Fsp3) is 0.375. The van der Waals surface area contributed by atoms with Gasteiger partial charge in [0.15, 0.2) is 11.7 Å². The predicted octanol–water partition coefficient (Wildman–Crippen LogP) is 0.991. The largest absolute Gasteiger partial charge is 0.390 e. The van der Waals surface area contributed by atoms with Gasteiger partial charge in [-0.2, -0.15) is 9.97 Å². The molecule has 12 heteroatoms. The van der Waals surface area contributed by atoms with Crippen LogP contribution >= 0.6 is 0 Å². The number of nitrogen functional groups attached to an aromatic ring is 1. The minimum absolute atomic E-state index is 0.000425. The van der Waals surface area contributed by atoms with Gasteiger partial charge in [-0.3, -0.25) is 5.41 Å². The molecule has 1 fully saturated rings. The highest BCUT2D eigenvalue weighted by Crippen LogP contribution is 2.31. The molecule has 3 heterocycles. The molecule has 2 aromatic rings. The summed E-state index contributed by atoms with van der Waals surface area (Å²) in [6.45, 7) is 3.34. The van der Waals surface area contributed by atoms with Gasteiger partial charge in [0, 0.05) is 23.9 Å². The van der Waals surface area contributed by atoms with E-state index in [4.69, 9.17) is 21.6 Å². The molecule has 5 N–H and O–H groups in total. The Hall–Kier alpha value is -3.28. The van der Waals surface area contributed by atoms with E-state index in [9.17, 15) is 8.78 Å². The summed E-state index contributed by atoms with van der Waals surface area (Å²) in [6.07, 6.45) is -0.705. The van der Waals surface area contributed by atoms with Crippen LogP contribution in [0.4, 0.5) is 20.5 Å². The third kappa shape index (κ3) is 4.01. The van der Waals surface area contributed by atoms with Crippen LogP contribution in [0.5, 0.6) is 0 Å². The van der Waals surface area contributed by atoms with Crippen molar-refractivity contribution in [3.8, 4) is 11.4 Å². The fourth-order valence-corrected chi connectivity index (χ4v) is 2.73. The van der Waals surface area contributed by atoms with E-state index < -0.39 is 6.43 Å². The number of rotatable bonds is 4. The highest BCUT2D eigenvalue weighted by atomic mass is 19.3. The number of pyridine rings is 1. The number of hydrogen-bond donors (Lipinski definition) is 3. The topological polar surface area (TPSA) is 152 Å². The Morgan fingerprint density at radius 2 is 2.21 bits per heavy atom. The summed E-state index contributed by atoms with van der Waals surface area (Å²) in [7, 11) is 0. The molecule has 0 radical (unpaired) electrons. The molecule has 0 spiro atoms. The quantitative estimate of drug-likeness (QED) is 0.515. The van der Waals surface area contributed by atoms with Crippen molar-refractivity contribution in [1.29, 1.82) is 5.41 Å². The van der Waals surface area contributed by atoms with Crippen molar-refractivity contribution in [3.05, 3.63) is 23.7 Å². The zero-order valence-corrected chi connectivity index (χ0v) is 15.0. The summed E-state index contributed by atoms with van der Waals surface area (Å²) < 4.78 is 32.5. The highest BCUT2D eigenvalue weighted by molar-refractivity contribution is 5.97. The van der Waals surface area contributed by atoms with E-state index in [0.717, 1.165) is 12.4 Å². The molecule has 2 aromatic heterocycles. The first-order valence-electron chi connectivity index (χ1n) is 8.38. The Morgan fingerprint density at radius 1 is 1.43 bits per heavy atom. The van der Waals surface area contributed by atoms with E-state index in [2.05, 4.69) is 24.9 Å². The van der Waals surface area contributed by atoms with Gasteiger partial charge in [0.2, 0.25) is 11.8 Å². The Labute approximate surface area is 159 Å². The van der Waals surface area contributed by atoms with Crippen molar-refractivity contribution in [3.63, 3.8) is 0 Å². The lowest BCUT2D eigenvalue weighted by Crippen LogP contribution is -2.44. The second kappa shape index (κ2) is 8.17. The molecule has 0 amide bonds. The predicted molar refractivity (Wildman–Crippen MR) is 99.6 cm³/mol. The van der Waals surface area contributed by atoms with Crippen molar-refractivity contribution >= 4 is 23.9 Å². The zero-order chi connectivity index (χ0) is 20.3. The molecular weight excluding hydrogens is 372 g/mol. The minimum Gasteiger partial charge on any atom is -0.390 e. The van der Waals surface area contributed by atoms with Gasteiger partial charge in [-0.05, 0) is 13.0 Å². The molecule has 10 nitrogen and oxygen atoms in total. The average Bonchev–Trinajstić information content (AvgIpc) is 2.68. The molecule has 1 saturated heterocycles. The normalized spacial score (nSPS) is 17.4. The summed E-state index contributed by atoms with van der Waals surface area (Å²) in [5.74, 6) is -0.299. The average molecular weight is 391 g/mol. The first-order valence-corrected chi connectivity index (χ1v) is 8.38. The standard InChI is InChI=1S/C16H19F2N9O/c1-8-6-28-3-2-27(8)16-25-14(24-15(26-16)13(21)23-7-19)10-5-22-11(20)4-9(10)12(17)18/h4-5,7-8,12H,2-3,6H2,1H3,(H2,20,22)(H3,19,21,23)/t8-/m1/s1. The molecular formula is C16H19F2N9O. The van der Waals surface area contributed by atoms with Crippen LogP contribution in [0.1, 0.15) is 24.7 Å². The Morgan fingerprint density at radius 3 is 2.89 bits per heavy atom. The van der Waals surface area contributed by atoms with Gasteiger partial charge in [0.1, 0.15) is 5.82 Å². The Balaban J connectivity index is 2.17. The lowest BCUT2D eigenvalue weighted by molar-refractivity contribution is 0.0980. The van der Waals surface area contributed by atoms with E-state index in [0.29, 0.717) is 19.8 Å². The number of aromatic nitrogens is 4. The fourth-order valence-electron chi connectivity index (χ4n) is 2.73. The summed E-state index contributed by atoms with van der Waals surface area (Å²) in [4.78, 5) is 22.1. The summed E-state index contributed by atoms with van der Waals surface area (Å²) in [5, 5.41) is 7.96. The molecule has 0 aromatic carbocycles. The number of nitrogens with zero attached hydrogens (tertiary/aromatic N) is 6. The molecule has 0 bridgehead atoms. The molecule has 148 valence electrons. The van der Waals surface area contributed by atoms with Crippen molar-refractivity contribution in [2.45, 2.75) is 19.4 Å². The van der Waals surface area contributed by atoms with E-state index in [1.54, 1.807) is 0 Å². The minimum atomic E-state index is -2.81. The van der Waals surface area contributed by atoms with Crippen LogP contribution in [0.25, 0.3) is 11.4 Å². The number of alkyl halides is 2. The lowest BCUT2D eigenvalue weighted by Gasteiger charge is -2.33. The number of amidine groups is 1. The van der Waals surface area contributed by atoms with Gasteiger partial charge in [-0.15, -0.1) is 0 Å². The zero-order valence-electron chi connectivity index (χ0n) is 15.0. The molecule has 28 heavy (non-hydrogen) atoms. The number of nitrogens with two attached hydrogens (primary N) is 2. The van der Waals surface area contributed by atoms with Gasteiger partial charge >= 0.3 is 0 Å². The molecule has 0 aliphatic carbocycles. The first kappa shape index (κ1) is 19.5. The van der Waals surface area contributed by atoms with E-state index >= 15 is 0 Å². The number of morpholine rings is 1. The molecule has 0 unspecified atom stereocenters. The summed E-state index contributed by atoms with van der Waals surface area (Å²) in [6, 6.07) is 1.02. The number of aliphatic imine (C=N–C) groups is 1. The number of nitrogens with one attached hydrogen (secondary N) is 1. The van der Waals surface area contributed by atoms with Crippen LogP contribution in [0.2, 0.25) is 0 Å². The number of anilines is 2. The van der Waals surface area contributed by atoms with Crippen LogP contribution in [0.3, 0.4) is 0 Å². The van der Waals surface area contributed by atoms with Gasteiger partial charge in [-0.1, -0.05) is 0 Å². The van der Waals surface area contributed by atoms with Crippen LogP contribution < -0.4 is 16.4 Å². The molecule has 1 aliphatic heterocycles. The van der Waals surface area contributed by atoms with Crippen molar-refractivity contribution in [2.75, 3.05) is 30.4 Å². The maximum Gasteiger partial charge on any atom is 0.264 e. The van der Waals surface area contributed by atoms with E-state index in [1.807, 2.05) is 11.8 Å². The summed E-state index contributed by atoms with van der Waals surface area (Å²) in [5.41, 5.74) is 10.4. The Bertz CT molecular complexity index is 906. The maximum absolute atomic E-state index is 13.5.